The van der Waals surface area contributed by atoms with Crippen molar-refractivity contribution < 1.29 is 16.5 Å². The zero-order valence-corrected chi connectivity index (χ0v) is 23.1. The predicted molar refractivity (Wildman–Crippen MR) is 108 cm³/mol. The zero-order valence-electron chi connectivity index (χ0n) is 15.6. The van der Waals surface area contributed by atoms with Crippen LogP contribution < -0.4 is 0 Å². The van der Waals surface area contributed by atoms with Gasteiger partial charge in [0.2, 0.25) is 0 Å². The van der Waals surface area contributed by atoms with Crippen molar-refractivity contribution in [3.63, 3.8) is 0 Å². The molecule has 21 heavy (non-hydrogen) atoms. The van der Waals surface area contributed by atoms with Crippen molar-refractivity contribution >= 4 is 54.7 Å². The van der Waals surface area contributed by atoms with Crippen LogP contribution in [0.2, 0.25) is 57.5 Å². The van der Waals surface area contributed by atoms with Gasteiger partial charge in [0.05, 0.1) is 0 Å². The van der Waals surface area contributed by atoms with E-state index < -0.39 is 44.2 Å². The van der Waals surface area contributed by atoms with E-state index in [4.69, 9.17) is 16.5 Å². The van der Waals surface area contributed by atoms with Gasteiger partial charge < -0.3 is 16.5 Å². The molecule has 0 saturated heterocycles. The molecule has 1 unspecified atom stereocenters. The number of rotatable bonds is 10. The Balaban J connectivity index is 5.77. The fraction of sp³-hybridized carbons (Fsp3) is 1.00. The second kappa shape index (κ2) is 9.44. The van der Waals surface area contributed by atoms with Crippen LogP contribution in [-0.2, 0) is 16.5 Å². The topological polar surface area (TPSA) is 36.9 Å². The van der Waals surface area contributed by atoms with Crippen molar-refractivity contribution in [2.75, 3.05) is 0 Å². The molecule has 0 aromatic heterocycles. The molecule has 0 bridgehead atoms. The highest BCUT2D eigenvalue weighted by atomic mass is 28.5. The van der Waals surface area contributed by atoms with E-state index in [9.17, 15) is 0 Å². The fourth-order valence-electron chi connectivity index (χ4n) is 2.62. The summed E-state index contributed by atoms with van der Waals surface area (Å²) in [6, 6.07) is 0. The monoisotopic (exact) mass is 400 g/mol. The molecule has 0 radical (unpaired) electrons. The molecule has 0 aromatic carbocycles. The lowest BCUT2D eigenvalue weighted by Crippen LogP contribution is -2.62. The van der Waals surface area contributed by atoms with Gasteiger partial charge in [-0.3, -0.25) is 0 Å². The summed E-state index contributed by atoms with van der Waals surface area (Å²) in [5.41, 5.74) is 0. The van der Waals surface area contributed by atoms with Gasteiger partial charge in [0, 0.05) is 5.16 Å². The lowest BCUT2D eigenvalue weighted by Gasteiger charge is -2.45. The molecular weight excluding hydrogens is 365 g/mol. The molecule has 0 aliphatic carbocycles. The summed E-state index contributed by atoms with van der Waals surface area (Å²) in [5, 5.41) is 0.363. The Morgan fingerprint density at radius 1 is 0.857 bits per heavy atom. The second-order valence-corrected chi connectivity index (χ2v) is 24.0. The van der Waals surface area contributed by atoms with Crippen molar-refractivity contribution in [3.8, 4) is 0 Å². The average Bonchev–Trinajstić information content (AvgIpc) is 2.25. The Morgan fingerprint density at radius 3 is 1.38 bits per heavy atom. The van der Waals surface area contributed by atoms with Crippen molar-refractivity contribution in [1.82, 2.24) is 0 Å². The lowest BCUT2D eigenvalue weighted by molar-refractivity contribution is 0.257. The Labute approximate surface area is 142 Å². The van der Waals surface area contributed by atoms with Gasteiger partial charge in [0.15, 0.2) is 35.4 Å². The molecule has 0 N–H and O–H groups in total. The normalized spacial score (nSPS) is 15.4. The number of hydrogen-bond donors (Lipinski definition) is 0. The van der Waals surface area contributed by atoms with Gasteiger partial charge in [-0.25, -0.2) is 0 Å². The number of hydrogen-bond acceptors (Lipinski definition) is 4. The minimum Gasteiger partial charge on any atom is -0.463 e. The summed E-state index contributed by atoms with van der Waals surface area (Å²) in [5.74, 6) is 0. The predicted octanol–water partition coefficient (Wildman–Crippen LogP) is 1.75. The van der Waals surface area contributed by atoms with Gasteiger partial charge in [-0.2, -0.15) is 0 Å². The van der Waals surface area contributed by atoms with Gasteiger partial charge >= 0.3 is 8.80 Å². The summed E-state index contributed by atoms with van der Waals surface area (Å²) in [4.78, 5) is 0. The van der Waals surface area contributed by atoms with Crippen molar-refractivity contribution in [2.45, 2.75) is 70.9 Å². The van der Waals surface area contributed by atoms with E-state index in [1.165, 1.54) is 0 Å². The zero-order chi connectivity index (χ0) is 16.8. The van der Waals surface area contributed by atoms with E-state index in [1.807, 2.05) is 0 Å². The molecule has 128 valence electrons. The quantitative estimate of drug-likeness (QED) is 0.523. The minimum atomic E-state index is -2.63. The van der Waals surface area contributed by atoms with Crippen molar-refractivity contribution in [3.05, 3.63) is 0 Å². The smallest absolute Gasteiger partial charge is 0.463 e. The highest BCUT2D eigenvalue weighted by Crippen LogP contribution is 2.38. The van der Waals surface area contributed by atoms with Crippen LogP contribution in [0.3, 0.4) is 0 Å². The third-order valence-electron chi connectivity index (χ3n) is 3.40. The largest absolute Gasteiger partial charge is 0.471 e. The molecule has 0 heterocycles. The lowest BCUT2D eigenvalue weighted by atomic mass is 10.6. The molecule has 0 spiro atoms. The molecule has 0 amide bonds. The Morgan fingerprint density at radius 2 is 1.19 bits per heavy atom. The molecule has 0 saturated carbocycles. The Kier molecular flexibility index (Phi) is 9.95. The Hall–Kier alpha value is 1.14. The summed E-state index contributed by atoms with van der Waals surface area (Å²) in [6.45, 7) is 20.2. The Bertz CT molecular complexity index is 274. The first-order valence-corrected chi connectivity index (χ1v) is 22.0. The summed E-state index contributed by atoms with van der Waals surface area (Å²) in [6.07, 6.45) is 1.04. The van der Waals surface area contributed by atoms with Crippen LogP contribution >= 0.6 is 0 Å². The van der Waals surface area contributed by atoms with Gasteiger partial charge in [-0.15, -0.1) is 0 Å². The summed E-state index contributed by atoms with van der Waals surface area (Å²) >= 11 is 0. The van der Waals surface area contributed by atoms with Gasteiger partial charge in [-0.05, 0) is 58.8 Å². The second-order valence-electron chi connectivity index (χ2n) is 6.87. The summed E-state index contributed by atoms with van der Waals surface area (Å²) < 4.78 is 25.8. The van der Waals surface area contributed by atoms with E-state index >= 15 is 0 Å². The van der Waals surface area contributed by atoms with Crippen LogP contribution in [0.25, 0.3) is 0 Å². The maximum atomic E-state index is 6.57. The maximum absolute atomic E-state index is 6.57. The van der Waals surface area contributed by atoms with E-state index in [2.05, 4.69) is 59.3 Å². The maximum Gasteiger partial charge on any atom is 0.471 e. The first-order chi connectivity index (χ1) is 9.50. The average molecular weight is 401 g/mol. The first-order valence-electron chi connectivity index (χ1n) is 8.09. The van der Waals surface area contributed by atoms with Gasteiger partial charge in [-0.1, -0.05) is 6.92 Å². The van der Waals surface area contributed by atoms with E-state index in [0.29, 0.717) is 5.16 Å². The van der Waals surface area contributed by atoms with E-state index in [0.717, 1.165) is 16.9 Å². The standard InChI is InChI=1S/C11H36O4Si6/c1-10-11(20(8,9)12-16)21(13-17(2)3,14-18(4)5)15-19(6)7/h11,17-19H,10H2,1-9,16H3. The highest BCUT2D eigenvalue weighted by molar-refractivity contribution is 6.94. The van der Waals surface area contributed by atoms with Crippen LogP contribution in [0.4, 0.5) is 0 Å². The SMILES string of the molecule is CCC([Si](C)(C)O[SiH3])[Si](O[SiH](C)C)(O[SiH](C)C)O[SiH](C)C. The molecule has 0 aliphatic rings. The molecule has 0 fully saturated rings. The van der Waals surface area contributed by atoms with Gasteiger partial charge in [0.25, 0.3) is 0 Å². The molecule has 4 nitrogen and oxygen atoms in total. The highest BCUT2D eigenvalue weighted by Gasteiger charge is 2.56. The summed E-state index contributed by atoms with van der Waals surface area (Å²) in [7, 11) is -7.37. The molecule has 0 rings (SSSR count). The van der Waals surface area contributed by atoms with E-state index in [-0.39, 0.29) is 0 Å². The molecule has 1 atom stereocenters. The molecule has 10 heteroatoms. The third-order valence-corrected chi connectivity index (χ3v) is 23.7. The van der Waals surface area contributed by atoms with Crippen LogP contribution in [0.1, 0.15) is 13.3 Å². The van der Waals surface area contributed by atoms with E-state index in [1.54, 1.807) is 0 Å². The van der Waals surface area contributed by atoms with Crippen LogP contribution in [0.5, 0.6) is 0 Å². The molecule has 0 aromatic rings. The van der Waals surface area contributed by atoms with Crippen molar-refractivity contribution in [2.24, 2.45) is 0 Å². The minimum absolute atomic E-state index is 0.363. The van der Waals surface area contributed by atoms with Crippen LogP contribution in [0.15, 0.2) is 0 Å². The van der Waals surface area contributed by atoms with Crippen LogP contribution in [-0.4, -0.2) is 54.7 Å². The van der Waals surface area contributed by atoms with Crippen LogP contribution in [0, 0.1) is 0 Å². The third kappa shape index (κ3) is 7.05. The molecule has 0 aliphatic heterocycles. The fourth-order valence-corrected chi connectivity index (χ4v) is 23.6. The van der Waals surface area contributed by atoms with Crippen molar-refractivity contribution in [1.29, 1.82) is 0 Å². The molecular formula is C11H36O4Si6. The first kappa shape index (κ1) is 22.1. The van der Waals surface area contributed by atoms with Gasteiger partial charge in [0.1, 0.15) is 10.5 Å².